The third kappa shape index (κ3) is 4.42. The fraction of sp³-hybridized carbons (Fsp3) is 0.0769. The number of nitrogens with two attached hydrogens (primary N) is 1. The first-order valence-corrected chi connectivity index (χ1v) is 10.4. The molecule has 3 aromatic carbocycles. The Labute approximate surface area is 194 Å². The number of anilines is 1. The van der Waals surface area contributed by atoms with Crippen LogP contribution in [0, 0.1) is 0 Å². The number of rotatable bonds is 6. The minimum Gasteiger partial charge on any atom is -0.451 e. The molecule has 0 bridgehead atoms. The van der Waals surface area contributed by atoms with Gasteiger partial charge < -0.3 is 20.4 Å². The van der Waals surface area contributed by atoms with Gasteiger partial charge >= 0.3 is 5.97 Å². The van der Waals surface area contributed by atoms with Crippen LogP contribution in [0.25, 0.3) is 21.9 Å². The SMILES string of the molecule is Cn1c(C(=O)OCC(=O)Nc2ccc(C(N)=O)cc2)c(-c2ccccc2)c2ccccc2c1=O. The van der Waals surface area contributed by atoms with E-state index in [9.17, 15) is 19.2 Å². The lowest BCUT2D eigenvalue weighted by molar-refractivity contribution is -0.119. The highest BCUT2D eigenvalue weighted by molar-refractivity contribution is 6.07. The van der Waals surface area contributed by atoms with E-state index in [1.54, 1.807) is 24.3 Å². The quantitative estimate of drug-likeness (QED) is 0.433. The summed E-state index contributed by atoms with van der Waals surface area (Å²) in [6, 6.07) is 22.2. The Hall–Kier alpha value is -4.72. The van der Waals surface area contributed by atoms with Gasteiger partial charge in [0, 0.05) is 29.2 Å². The van der Waals surface area contributed by atoms with Gasteiger partial charge in [-0.2, -0.15) is 0 Å². The van der Waals surface area contributed by atoms with Gasteiger partial charge in [0.25, 0.3) is 11.5 Å². The first kappa shape index (κ1) is 22.5. The van der Waals surface area contributed by atoms with Gasteiger partial charge in [0.2, 0.25) is 5.91 Å². The van der Waals surface area contributed by atoms with Crippen LogP contribution in [0.15, 0.2) is 83.7 Å². The number of primary amides is 1. The molecule has 1 heterocycles. The number of ether oxygens (including phenoxy) is 1. The van der Waals surface area contributed by atoms with Gasteiger partial charge in [0.15, 0.2) is 6.61 Å². The summed E-state index contributed by atoms with van der Waals surface area (Å²) in [4.78, 5) is 49.6. The van der Waals surface area contributed by atoms with E-state index < -0.39 is 24.4 Å². The third-order valence-electron chi connectivity index (χ3n) is 5.35. The number of esters is 1. The van der Waals surface area contributed by atoms with Crippen LogP contribution in [0.2, 0.25) is 0 Å². The van der Waals surface area contributed by atoms with Crippen LogP contribution >= 0.6 is 0 Å². The van der Waals surface area contributed by atoms with Gasteiger partial charge in [-0.1, -0.05) is 48.5 Å². The van der Waals surface area contributed by atoms with Crippen LogP contribution in [-0.4, -0.2) is 29.0 Å². The number of hydrogen-bond donors (Lipinski definition) is 2. The molecule has 0 fully saturated rings. The van der Waals surface area contributed by atoms with Gasteiger partial charge in [0.05, 0.1) is 0 Å². The van der Waals surface area contributed by atoms with Crippen molar-refractivity contribution in [1.29, 1.82) is 0 Å². The Bertz CT molecular complexity index is 1460. The Morgan fingerprint density at radius 1 is 0.882 bits per heavy atom. The van der Waals surface area contributed by atoms with Crippen LogP contribution in [0.5, 0.6) is 0 Å². The molecule has 2 amide bonds. The molecule has 170 valence electrons. The van der Waals surface area contributed by atoms with E-state index in [1.165, 1.54) is 35.9 Å². The molecule has 0 aliphatic carbocycles. The molecule has 3 N–H and O–H groups in total. The van der Waals surface area contributed by atoms with E-state index in [-0.39, 0.29) is 11.3 Å². The molecule has 0 radical (unpaired) electrons. The number of carbonyl (C=O) groups is 3. The highest BCUT2D eigenvalue weighted by atomic mass is 16.5. The van der Waals surface area contributed by atoms with Crippen molar-refractivity contribution in [2.45, 2.75) is 0 Å². The molecule has 0 spiro atoms. The molecule has 4 aromatic rings. The molecule has 8 heteroatoms. The Kier molecular flexibility index (Phi) is 6.22. The molecule has 0 saturated heterocycles. The number of nitrogens with one attached hydrogen (secondary N) is 1. The first-order chi connectivity index (χ1) is 16.4. The molecular formula is C26H21N3O5. The van der Waals surface area contributed by atoms with Gasteiger partial charge in [0.1, 0.15) is 5.69 Å². The zero-order chi connectivity index (χ0) is 24.2. The smallest absolute Gasteiger partial charge is 0.356 e. The standard InChI is InChI=1S/C26H21N3O5/c1-29-23(26(33)34-15-21(30)28-18-13-11-17(12-14-18)24(27)31)22(16-7-3-2-4-8-16)19-9-5-6-10-20(19)25(29)32/h2-14H,15H2,1H3,(H2,27,31)(H,28,30). The lowest BCUT2D eigenvalue weighted by Crippen LogP contribution is -2.28. The number of nitrogens with zero attached hydrogens (tertiary/aromatic N) is 1. The second kappa shape index (κ2) is 9.41. The predicted molar refractivity (Wildman–Crippen MR) is 128 cm³/mol. The van der Waals surface area contributed by atoms with E-state index in [2.05, 4.69) is 5.32 Å². The number of aromatic nitrogens is 1. The number of benzene rings is 3. The predicted octanol–water partition coefficient (Wildman–Crippen LogP) is 3.10. The topological polar surface area (TPSA) is 120 Å². The second-order valence-corrected chi connectivity index (χ2v) is 7.57. The van der Waals surface area contributed by atoms with Crippen molar-refractivity contribution in [2.24, 2.45) is 12.8 Å². The monoisotopic (exact) mass is 455 g/mol. The first-order valence-electron chi connectivity index (χ1n) is 10.4. The summed E-state index contributed by atoms with van der Waals surface area (Å²) in [5.74, 6) is -1.96. The third-order valence-corrected chi connectivity index (χ3v) is 5.35. The molecule has 0 unspecified atom stereocenters. The summed E-state index contributed by atoms with van der Waals surface area (Å²) in [7, 11) is 1.50. The van der Waals surface area contributed by atoms with Gasteiger partial charge in [-0.05, 0) is 41.3 Å². The van der Waals surface area contributed by atoms with Crippen molar-refractivity contribution in [3.05, 3.63) is 100 Å². The van der Waals surface area contributed by atoms with E-state index >= 15 is 0 Å². The summed E-state index contributed by atoms with van der Waals surface area (Å²) >= 11 is 0. The van der Waals surface area contributed by atoms with Crippen molar-refractivity contribution < 1.29 is 19.1 Å². The Balaban J connectivity index is 1.62. The number of amides is 2. The zero-order valence-electron chi connectivity index (χ0n) is 18.3. The highest BCUT2D eigenvalue weighted by Crippen LogP contribution is 2.30. The number of carbonyl (C=O) groups excluding carboxylic acids is 3. The van der Waals surface area contributed by atoms with Crippen LogP contribution in [-0.2, 0) is 16.6 Å². The lowest BCUT2D eigenvalue weighted by Gasteiger charge is -2.16. The van der Waals surface area contributed by atoms with Gasteiger partial charge in [-0.25, -0.2) is 4.79 Å². The van der Waals surface area contributed by atoms with Crippen LogP contribution in [0.4, 0.5) is 5.69 Å². The summed E-state index contributed by atoms with van der Waals surface area (Å²) in [5, 5.41) is 3.66. The van der Waals surface area contributed by atoms with Crippen molar-refractivity contribution in [1.82, 2.24) is 4.57 Å². The summed E-state index contributed by atoms with van der Waals surface area (Å²) in [5.41, 5.74) is 6.90. The van der Waals surface area contributed by atoms with Crippen molar-refractivity contribution in [2.75, 3.05) is 11.9 Å². The Morgan fingerprint density at radius 3 is 2.15 bits per heavy atom. The summed E-state index contributed by atoms with van der Waals surface area (Å²) in [6.45, 7) is -0.564. The van der Waals surface area contributed by atoms with Crippen LogP contribution in [0.1, 0.15) is 20.8 Å². The summed E-state index contributed by atoms with van der Waals surface area (Å²) in [6.07, 6.45) is 0. The van der Waals surface area contributed by atoms with E-state index in [1.807, 2.05) is 30.3 Å². The second-order valence-electron chi connectivity index (χ2n) is 7.57. The zero-order valence-corrected chi connectivity index (χ0v) is 18.3. The molecule has 4 rings (SSSR count). The molecule has 34 heavy (non-hydrogen) atoms. The maximum Gasteiger partial charge on any atom is 0.356 e. The fourth-order valence-corrected chi connectivity index (χ4v) is 3.72. The van der Waals surface area contributed by atoms with Crippen molar-refractivity contribution in [3.63, 3.8) is 0 Å². The van der Waals surface area contributed by atoms with Crippen molar-refractivity contribution >= 4 is 34.2 Å². The van der Waals surface area contributed by atoms with Crippen molar-refractivity contribution in [3.8, 4) is 11.1 Å². The fourth-order valence-electron chi connectivity index (χ4n) is 3.72. The largest absolute Gasteiger partial charge is 0.451 e. The number of pyridine rings is 1. The molecular weight excluding hydrogens is 434 g/mol. The van der Waals surface area contributed by atoms with Crippen LogP contribution in [0.3, 0.4) is 0 Å². The van der Waals surface area contributed by atoms with Crippen LogP contribution < -0.4 is 16.6 Å². The molecule has 8 nitrogen and oxygen atoms in total. The van der Waals surface area contributed by atoms with Gasteiger partial charge in [-0.3, -0.25) is 14.4 Å². The average molecular weight is 455 g/mol. The molecule has 0 saturated carbocycles. The normalized spacial score (nSPS) is 10.6. The average Bonchev–Trinajstić information content (AvgIpc) is 2.85. The lowest BCUT2D eigenvalue weighted by atomic mass is 9.97. The van der Waals surface area contributed by atoms with E-state index in [4.69, 9.17) is 10.5 Å². The molecule has 0 aliphatic rings. The number of hydrogen-bond acceptors (Lipinski definition) is 5. The van der Waals surface area contributed by atoms with Gasteiger partial charge in [-0.15, -0.1) is 0 Å². The molecule has 0 atom stereocenters. The summed E-state index contributed by atoms with van der Waals surface area (Å²) < 4.78 is 6.53. The molecule has 0 aliphatic heterocycles. The Morgan fingerprint density at radius 2 is 1.50 bits per heavy atom. The maximum atomic E-state index is 13.1. The van der Waals surface area contributed by atoms with E-state index in [0.717, 1.165) is 5.56 Å². The molecule has 1 aromatic heterocycles. The number of fused-ring (bicyclic) bond motifs is 1. The maximum absolute atomic E-state index is 13.1. The minimum atomic E-state index is -0.802. The van der Waals surface area contributed by atoms with E-state index in [0.29, 0.717) is 27.6 Å². The highest BCUT2D eigenvalue weighted by Gasteiger charge is 2.23. The minimum absolute atomic E-state index is 0.0495.